The highest BCUT2D eigenvalue weighted by Gasteiger charge is 2.22. The molecule has 6 heteroatoms. The third kappa shape index (κ3) is 3.87. The summed E-state index contributed by atoms with van der Waals surface area (Å²) in [7, 11) is 0. The van der Waals surface area contributed by atoms with E-state index in [0.29, 0.717) is 35.4 Å². The molecule has 1 aliphatic carbocycles. The lowest BCUT2D eigenvalue weighted by Gasteiger charge is -2.11. The lowest BCUT2D eigenvalue weighted by Crippen LogP contribution is -2.07. The Balaban J connectivity index is 1.65. The molecule has 4 nitrogen and oxygen atoms in total. The number of ether oxygens (including phenoxy) is 1. The SMILES string of the molecule is CC(=O)Oc1ccc2c(c1)C(=O)c1ccc(Nc3ccc(F)cc3F)cc1CC2. The average Bonchev–Trinajstić information content (AvgIpc) is 2.81. The Kier molecular flexibility index (Phi) is 4.84. The van der Waals surface area contributed by atoms with Crippen molar-refractivity contribution in [1.29, 1.82) is 0 Å². The number of hydrogen-bond donors (Lipinski definition) is 1. The summed E-state index contributed by atoms with van der Waals surface area (Å²) in [6.07, 6.45) is 1.27. The Morgan fingerprint density at radius 1 is 0.931 bits per heavy atom. The Morgan fingerprint density at radius 2 is 1.72 bits per heavy atom. The molecule has 1 N–H and O–H groups in total. The summed E-state index contributed by atoms with van der Waals surface area (Å²) in [4.78, 5) is 24.3. The maximum Gasteiger partial charge on any atom is 0.308 e. The molecular weight excluding hydrogens is 376 g/mol. The molecule has 0 aromatic heterocycles. The fourth-order valence-electron chi connectivity index (χ4n) is 3.47. The molecule has 0 atom stereocenters. The molecule has 146 valence electrons. The van der Waals surface area contributed by atoms with Gasteiger partial charge in [0.05, 0.1) is 5.69 Å². The molecule has 4 rings (SSSR count). The van der Waals surface area contributed by atoms with Crippen LogP contribution in [-0.2, 0) is 17.6 Å². The number of rotatable bonds is 3. The Morgan fingerprint density at radius 3 is 2.48 bits per heavy atom. The Hall–Kier alpha value is -3.54. The summed E-state index contributed by atoms with van der Waals surface area (Å²) in [5.41, 5.74) is 3.52. The molecule has 3 aromatic carbocycles. The van der Waals surface area contributed by atoms with E-state index in [9.17, 15) is 18.4 Å². The first kappa shape index (κ1) is 18.8. The molecule has 0 heterocycles. The molecule has 0 radical (unpaired) electrons. The zero-order chi connectivity index (χ0) is 20.5. The lowest BCUT2D eigenvalue weighted by atomic mass is 9.98. The highest BCUT2D eigenvalue weighted by Crippen LogP contribution is 2.30. The topological polar surface area (TPSA) is 55.4 Å². The highest BCUT2D eigenvalue weighted by molar-refractivity contribution is 6.11. The van der Waals surface area contributed by atoms with Gasteiger partial charge in [0.1, 0.15) is 17.4 Å². The maximum atomic E-state index is 13.9. The van der Waals surface area contributed by atoms with Gasteiger partial charge in [-0.3, -0.25) is 9.59 Å². The summed E-state index contributed by atoms with van der Waals surface area (Å²) in [5, 5.41) is 2.93. The fraction of sp³-hybridized carbons (Fsp3) is 0.130. The minimum Gasteiger partial charge on any atom is -0.427 e. The van der Waals surface area contributed by atoms with Gasteiger partial charge >= 0.3 is 5.97 Å². The molecular formula is C23H17F2NO3. The number of fused-ring (bicyclic) bond motifs is 2. The second-order valence-corrected chi connectivity index (χ2v) is 6.86. The van der Waals surface area contributed by atoms with Crippen molar-refractivity contribution >= 4 is 23.1 Å². The van der Waals surface area contributed by atoms with Crippen LogP contribution >= 0.6 is 0 Å². The first-order chi connectivity index (χ1) is 13.9. The van der Waals surface area contributed by atoms with Gasteiger partial charge in [0.25, 0.3) is 0 Å². The van der Waals surface area contributed by atoms with Gasteiger partial charge in [-0.25, -0.2) is 8.78 Å². The second-order valence-electron chi connectivity index (χ2n) is 6.86. The summed E-state index contributed by atoms with van der Waals surface area (Å²) < 4.78 is 32.1. The van der Waals surface area contributed by atoms with E-state index >= 15 is 0 Å². The number of benzene rings is 3. The minimum absolute atomic E-state index is 0.152. The second kappa shape index (κ2) is 7.47. The summed E-state index contributed by atoms with van der Waals surface area (Å²) >= 11 is 0. The largest absolute Gasteiger partial charge is 0.427 e. The van der Waals surface area contributed by atoms with Crippen molar-refractivity contribution < 1.29 is 23.1 Å². The zero-order valence-electron chi connectivity index (χ0n) is 15.6. The van der Waals surface area contributed by atoms with Crippen LogP contribution in [0.25, 0.3) is 0 Å². The number of anilines is 2. The molecule has 3 aromatic rings. The molecule has 0 bridgehead atoms. The number of nitrogens with one attached hydrogen (secondary N) is 1. The van der Waals surface area contributed by atoms with Crippen molar-refractivity contribution in [2.24, 2.45) is 0 Å². The van der Waals surface area contributed by atoms with Crippen LogP contribution in [0.15, 0.2) is 54.6 Å². The van der Waals surface area contributed by atoms with Crippen LogP contribution in [0, 0.1) is 11.6 Å². The number of carbonyl (C=O) groups is 2. The first-order valence-corrected chi connectivity index (χ1v) is 9.12. The van der Waals surface area contributed by atoms with Gasteiger partial charge < -0.3 is 10.1 Å². The minimum atomic E-state index is -0.693. The molecule has 29 heavy (non-hydrogen) atoms. The fourth-order valence-corrected chi connectivity index (χ4v) is 3.47. The summed E-state index contributed by atoms with van der Waals surface area (Å²) in [6.45, 7) is 1.31. The number of esters is 1. The van der Waals surface area contributed by atoms with E-state index in [-0.39, 0.29) is 11.5 Å². The van der Waals surface area contributed by atoms with Crippen molar-refractivity contribution in [2.75, 3.05) is 5.32 Å². The van der Waals surface area contributed by atoms with Crippen LogP contribution in [0.4, 0.5) is 20.2 Å². The van der Waals surface area contributed by atoms with E-state index in [0.717, 1.165) is 17.2 Å². The molecule has 1 aliphatic rings. The standard InChI is InChI=1S/C23H17F2NO3/c1-13(27)29-18-7-4-14-2-3-15-10-17(6-8-19(15)23(28)20(14)12-18)26-22-9-5-16(24)11-21(22)25/h4-12,26H,2-3H2,1H3. The number of ketones is 1. The highest BCUT2D eigenvalue weighted by atomic mass is 19.1. The monoisotopic (exact) mass is 393 g/mol. The van der Waals surface area contributed by atoms with E-state index in [1.165, 1.54) is 19.1 Å². The van der Waals surface area contributed by atoms with E-state index in [1.807, 2.05) is 0 Å². The van der Waals surface area contributed by atoms with Crippen LogP contribution in [-0.4, -0.2) is 11.8 Å². The number of halogens is 2. The predicted molar refractivity (Wildman–Crippen MR) is 105 cm³/mol. The predicted octanol–water partition coefficient (Wildman–Crippen LogP) is 4.96. The van der Waals surface area contributed by atoms with Gasteiger partial charge in [-0.2, -0.15) is 0 Å². The van der Waals surface area contributed by atoms with Crippen molar-refractivity contribution in [3.05, 3.63) is 88.5 Å². The van der Waals surface area contributed by atoms with E-state index in [2.05, 4.69) is 5.32 Å². The number of hydrogen-bond acceptors (Lipinski definition) is 4. The maximum absolute atomic E-state index is 13.9. The molecule has 0 saturated carbocycles. The third-order valence-corrected chi connectivity index (χ3v) is 4.81. The van der Waals surface area contributed by atoms with Gasteiger partial charge in [-0.15, -0.1) is 0 Å². The van der Waals surface area contributed by atoms with Crippen LogP contribution < -0.4 is 10.1 Å². The first-order valence-electron chi connectivity index (χ1n) is 9.12. The lowest BCUT2D eigenvalue weighted by molar-refractivity contribution is -0.131. The molecule has 0 unspecified atom stereocenters. The quantitative estimate of drug-likeness (QED) is 0.505. The Bertz CT molecular complexity index is 1140. The molecule has 0 saturated heterocycles. The summed E-state index contributed by atoms with van der Waals surface area (Å²) in [5.74, 6) is -1.61. The van der Waals surface area contributed by atoms with E-state index < -0.39 is 17.6 Å². The Labute approximate surface area is 166 Å². The van der Waals surface area contributed by atoms with Gasteiger partial charge in [0.15, 0.2) is 5.78 Å². The van der Waals surface area contributed by atoms with Gasteiger partial charge in [0.2, 0.25) is 0 Å². The van der Waals surface area contributed by atoms with Crippen LogP contribution in [0.5, 0.6) is 5.75 Å². The third-order valence-electron chi connectivity index (χ3n) is 4.81. The average molecular weight is 393 g/mol. The van der Waals surface area contributed by atoms with Crippen molar-refractivity contribution in [2.45, 2.75) is 19.8 Å². The normalized spacial score (nSPS) is 12.6. The van der Waals surface area contributed by atoms with E-state index in [4.69, 9.17) is 4.74 Å². The van der Waals surface area contributed by atoms with Gasteiger partial charge in [-0.05, 0) is 66.4 Å². The molecule has 0 amide bonds. The van der Waals surface area contributed by atoms with Gasteiger partial charge in [-0.1, -0.05) is 6.07 Å². The van der Waals surface area contributed by atoms with Crippen LogP contribution in [0.1, 0.15) is 34.0 Å². The van der Waals surface area contributed by atoms with Crippen LogP contribution in [0.2, 0.25) is 0 Å². The smallest absolute Gasteiger partial charge is 0.308 e. The van der Waals surface area contributed by atoms with Gasteiger partial charge in [0, 0.05) is 29.8 Å². The van der Waals surface area contributed by atoms with Crippen molar-refractivity contribution in [3.63, 3.8) is 0 Å². The summed E-state index contributed by atoms with van der Waals surface area (Å²) in [6, 6.07) is 13.5. The zero-order valence-corrected chi connectivity index (χ0v) is 15.6. The van der Waals surface area contributed by atoms with E-state index in [1.54, 1.807) is 36.4 Å². The van der Waals surface area contributed by atoms with Crippen LogP contribution in [0.3, 0.4) is 0 Å². The number of aryl methyl sites for hydroxylation is 2. The van der Waals surface area contributed by atoms with Crippen molar-refractivity contribution in [3.8, 4) is 5.75 Å². The van der Waals surface area contributed by atoms with Crippen molar-refractivity contribution in [1.82, 2.24) is 0 Å². The molecule has 0 spiro atoms. The number of carbonyl (C=O) groups excluding carboxylic acids is 2. The molecule has 0 fully saturated rings. The molecule has 0 aliphatic heterocycles.